The molecule has 2 heterocycles. The fourth-order valence-electron chi connectivity index (χ4n) is 2.97. The number of nitrogens with zero attached hydrogens (tertiary/aromatic N) is 1. The Morgan fingerprint density at radius 2 is 2.13 bits per heavy atom. The van der Waals surface area contributed by atoms with E-state index in [4.69, 9.17) is 5.11 Å². The molecule has 23 heavy (non-hydrogen) atoms. The second-order valence-corrected chi connectivity index (χ2v) is 6.64. The number of carbonyl (C=O) groups is 2. The van der Waals surface area contributed by atoms with E-state index < -0.39 is 5.97 Å². The van der Waals surface area contributed by atoms with Crippen LogP contribution in [-0.4, -0.2) is 28.0 Å². The number of aryl methyl sites for hydroxylation is 1. The highest BCUT2D eigenvalue weighted by molar-refractivity contribution is 7.08. The van der Waals surface area contributed by atoms with Gasteiger partial charge in [0.05, 0.1) is 22.9 Å². The highest BCUT2D eigenvalue weighted by atomic mass is 32.1. The summed E-state index contributed by atoms with van der Waals surface area (Å²) in [6.45, 7) is 1.82. The third-order valence-electron chi connectivity index (χ3n) is 4.26. The minimum atomic E-state index is -0.778. The van der Waals surface area contributed by atoms with E-state index in [1.165, 1.54) is 0 Å². The van der Waals surface area contributed by atoms with Crippen molar-refractivity contribution in [3.8, 4) is 11.3 Å². The fourth-order valence-corrected chi connectivity index (χ4v) is 3.62. The quantitative estimate of drug-likeness (QED) is 0.903. The lowest BCUT2D eigenvalue weighted by Gasteiger charge is -2.14. The van der Waals surface area contributed by atoms with E-state index in [1.807, 2.05) is 29.8 Å². The average molecular weight is 330 g/mol. The summed E-state index contributed by atoms with van der Waals surface area (Å²) in [5, 5.41) is 16.0. The minimum Gasteiger partial charge on any atom is -0.481 e. The van der Waals surface area contributed by atoms with Gasteiger partial charge in [0.1, 0.15) is 0 Å². The van der Waals surface area contributed by atoms with Crippen molar-refractivity contribution < 1.29 is 14.7 Å². The van der Waals surface area contributed by atoms with Gasteiger partial charge in [-0.15, -0.1) is 0 Å². The summed E-state index contributed by atoms with van der Waals surface area (Å²) in [7, 11) is 0. The minimum absolute atomic E-state index is 0.0699. The Bertz CT molecular complexity index is 727. The number of pyridine rings is 1. The summed E-state index contributed by atoms with van der Waals surface area (Å²) >= 11 is 1.61. The highest BCUT2D eigenvalue weighted by Crippen LogP contribution is 2.26. The molecular weight excluding hydrogens is 312 g/mol. The summed E-state index contributed by atoms with van der Waals surface area (Å²) in [4.78, 5) is 27.9. The average Bonchev–Trinajstić information content (AvgIpc) is 3.18. The van der Waals surface area contributed by atoms with Crippen LogP contribution in [0.15, 0.2) is 29.0 Å². The molecule has 6 heteroatoms. The lowest BCUT2D eigenvalue weighted by Crippen LogP contribution is -2.33. The van der Waals surface area contributed by atoms with Crippen LogP contribution in [0.3, 0.4) is 0 Å². The van der Waals surface area contributed by atoms with Gasteiger partial charge in [-0.3, -0.25) is 14.6 Å². The van der Waals surface area contributed by atoms with Gasteiger partial charge in [0.25, 0.3) is 5.91 Å². The molecule has 1 aliphatic carbocycles. The van der Waals surface area contributed by atoms with E-state index in [0.717, 1.165) is 11.3 Å². The second-order valence-electron chi connectivity index (χ2n) is 5.86. The fraction of sp³-hybridized carbons (Fsp3) is 0.353. The number of carboxylic acids is 1. The topological polar surface area (TPSA) is 79.3 Å². The number of carboxylic acid groups (broad SMARTS) is 1. The molecule has 0 saturated heterocycles. The van der Waals surface area contributed by atoms with E-state index >= 15 is 0 Å². The molecule has 1 fully saturated rings. The Balaban J connectivity index is 1.69. The Morgan fingerprint density at radius 1 is 1.30 bits per heavy atom. The maximum absolute atomic E-state index is 12.4. The highest BCUT2D eigenvalue weighted by Gasteiger charge is 2.30. The molecule has 0 bridgehead atoms. The number of hydrogen-bond donors (Lipinski definition) is 2. The first-order valence-corrected chi connectivity index (χ1v) is 8.52. The predicted octanol–water partition coefficient (Wildman–Crippen LogP) is 3.10. The van der Waals surface area contributed by atoms with Crippen LogP contribution in [0.4, 0.5) is 0 Å². The van der Waals surface area contributed by atoms with Gasteiger partial charge < -0.3 is 10.4 Å². The van der Waals surface area contributed by atoms with Gasteiger partial charge in [-0.2, -0.15) is 11.3 Å². The first kappa shape index (κ1) is 15.7. The molecule has 2 aromatic heterocycles. The molecule has 120 valence electrons. The van der Waals surface area contributed by atoms with Gasteiger partial charge in [-0.25, -0.2) is 0 Å². The summed E-state index contributed by atoms with van der Waals surface area (Å²) in [5.74, 6) is -1.30. The van der Waals surface area contributed by atoms with Gasteiger partial charge in [-0.05, 0) is 49.8 Å². The SMILES string of the molecule is Cc1nc(-c2ccsc2)ccc1C(=O)N[C@H]1CC[C@@H](C(=O)O)C1. The summed E-state index contributed by atoms with van der Waals surface area (Å²) in [5.41, 5.74) is 3.12. The predicted molar refractivity (Wildman–Crippen MR) is 88.5 cm³/mol. The number of carbonyl (C=O) groups excluding carboxylic acids is 1. The van der Waals surface area contributed by atoms with Gasteiger partial charge in [0.15, 0.2) is 0 Å². The smallest absolute Gasteiger partial charge is 0.306 e. The van der Waals surface area contributed by atoms with Crippen LogP contribution in [0.25, 0.3) is 11.3 Å². The monoisotopic (exact) mass is 330 g/mol. The van der Waals surface area contributed by atoms with E-state index in [2.05, 4.69) is 10.3 Å². The van der Waals surface area contributed by atoms with E-state index in [1.54, 1.807) is 17.4 Å². The first-order valence-electron chi connectivity index (χ1n) is 7.58. The zero-order valence-electron chi connectivity index (χ0n) is 12.8. The van der Waals surface area contributed by atoms with Crippen molar-refractivity contribution in [2.75, 3.05) is 0 Å². The Hall–Kier alpha value is -2.21. The number of hydrogen-bond acceptors (Lipinski definition) is 4. The van der Waals surface area contributed by atoms with Crippen LogP contribution in [0.5, 0.6) is 0 Å². The Labute approximate surface area is 138 Å². The molecule has 3 rings (SSSR count). The van der Waals surface area contributed by atoms with Gasteiger partial charge in [0.2, 0.25) is 0 Å². The van der Waals surface area contributed by atoms with Gasteiger partial charge in [0, 0.05) is 17.0 Å². The molecule has 1 amide bonds. The zero-order chi connectivity index (χ0) is 16.4. The molecule has 1 aliphatic rings. The van der Waals surface area contributed by atoms with Gasteiger partial charge in [-0.1, -0.05) is 0 Å². The maximum atomic E-state index is 12.4. The van der Waals surface area contributed by atoms with Crippen molar-refractivity contribution in [1.29, 1.82) is 0 Å². The van der Waals surface area contributed by atoms with E-state index in [-0.39, 0.29) is 17.9 Å². The van der Waals surface area contributed by atoms with E-state index in [0.29, 0.717) is 30.5 Å². The van der Waals surface area contributed by atoms with Crippen molar-refractivity contribution in [3.05, 3.63) is 40.2 Å². The molecule has 1 saturated carbocycles. The van der Waals surface area contributed by atoms with Crippen LogP contribution in [0.2, 0.25) is 0 Å². The second kappa shape index (κ2) is 6.50. The van der Waals surface area contributed by atoms with Crippen molar-refractivity contribution in [1.82, 2.24) is 10.3 Å². The molecule has 5 nitrogen and oxygen atoms in total. The van der Waals surface area contributed by atoms with Crippen molar-refractivity contribution in [2.24, 2.45) is 5.92 Å². The molecule has 2 aromatic rings. The molecule has 2 N–H and O–H groups in total. The lowest BCUT2D eigenvalue weighted by atomic mass is 10.1. The number of aromatic nitrogens is 1. The Morgan fingerprint density at radius 3 is 2.74 bits per heavy atom. The van der Waals surface area contributed by atoms with Crippen LogP contribution >= 0.6 is 11.3 Å². The third-order valence-corrected chi connectivity index (χ3v) is 4.95. The molecular formula is C17H18N2O3S. The summed E-state index contributed by atoms with van der Waals surface area (Å²) in [6.07, 6.45) is 1.83. The molecule has 0 spiro atoms. The summed E-state index contributed by atoms with van der Waals surface area (Å²) < 4.78 is 0. The normalized spacial score (nSPS) is 20.4. The van der Waals surface area contributed by atoms with E-state index in [9.17, 15) is 9.59 Å². The molecule has 0 radical (unpaired) electrons. The number of amides is 1. The maximum Gasteiger partial charge on any atom is 0.306 e. The van der Waals surface area contributed by atoms with Crippen LogP contribution in [0, 0.1) is 12.8 Å². The number of rotatable bonds is 4. The van der Waals surface area contributed by atoms with Crippen molar-refractivity contribution >= 4 is 23.2 Å². The number of thiophene rings is 1. The molecule has 2 atom stereocenters. The zero-order valence-corrected chi connectivity index (χ0v) is 13.6. The van der Waals surface area contributed by atoms with Gasteiger partial charge >= 0.3 is 5.97 Å². The van der Waals surface area contributed by atoms with Crippen LogP contribution in [-0.2, 0) is 4.79 Å². The molecule has 0 unspecified atom stereocenters. The number of aliphatic carboxylic acids is 1. The summed E-state index contributed by atoms with van der Waals surface area (Å²) in [6, 6.07) is 5.56. The van der Waals surface area contributed by atoms with Crippen LogP contribution in [0.1, 0.15) is 35.3 Å². The lowest BCUT2D eigenvalue weighted by molar-refractivity contribution is -0.141. The largest absolute Gasteiger partial charge is 0.481 e. The third kappa shape index (κ3) is 3.42. The first-order chi connectivity index (χ1) is 11.0. The van der Waals surface area contributed by atoms with Crippen molar-refractivity contribution in [3.63, 3.8) is 0 Å². The van der Waals surface area contributed by atoms with Crippen molar-refractivity contribution in [2.45, 2.75) is 32.2 Å². The standard InChI is InChI=1S/C17H18N2O3S/c1-10-14(4-5-15(18-10)12-6-7-23-9-12)16(20)19-13-3-2-11(8-13)17(21)22/h4-7,9,11,13H,2-3,8H2,1H3,(H,19,20)(H,21,22)/t11-,13+/m1/s1. The van der Waals surface area contributed by atoms with Crippen LogP contribution < -0.4 is 5.32 Å². The molecule has 0 aromatic carbocycles. The molecule has 0 aliphatic heterocycles. The Kier molecular flexibility index (Phi) is 4.43. The number of nitrogens with one attached hydrogen (secondary N) is 1.